The summed E-state index contributed by atoms with van der Waals surface area (Å²) in [5.74, 6) is 0.0167. The van der Waals surface area contributed by atoms with E-state index >= 15 is 0 Å². The van der Waals surface area contributed by atoms with Crippen molar-refractivity contribution < 1.29 is 19.1 Å². The van der Waals surface area contributed by atoms with Crippen LogP contribution in [-0.4, -0.2) is 25.2 Å². The van der Waals surface area contributed by atoms with Crippen LogP contribution in [0.3, 0.4) is 0 Å². The van der Waals surface area contributed by atoms with E-state index in [1.807, 2.05) is 19.9 Å². The third-order valence-electron chi connectivity index (χ3n) is 2.46. The van der Waals surface area contributed by atoms with E-state index in [9.17, 15) is 9.59 Å². The average molecular weight is 270 g/mol. The van der Waals surface area contributed by atoms with Crippen LogP contribution < -0.4 is 0 Å². The molecule has 0 aromatic carbocycles. The highest BCUT2D eigenvalue weighted by molar-refractivity contribution is 5.72. The lowest BCUT2D eigenvalue weighted by atomic mass is 10.1. The van der Waals surface area contributed by atoms with Crippen LogP contribution in [-0.2, 0) is 19.1 Å². The molecule has 4 heteroatoms. The SMILES string of the molecule is CC(C)=CCOC(=O)CCCC(=O)OCCC(C)C. The lowest BCUT2D eigenvalue weighted by Gasteiger charge is -2.06. The fourth-order valence-electron chi connectivity index (χ4n) is 1.23. The zero-order chi connectivity index (χ0) is 14.7. The summed E-state index contributed by atoms with van der Waals surface area (Å²) in [6.07, 6.45) is 3.73. The number of hydrogen-bond donors (Lipinski definition) is 0. The van der Waals surface area contributed by atoms with E-state index in [4.69, 9.17) is 9.47 Å². The van der Waals surface area contributed by atoms with Gasteiger partial charge in [-0.05, 0) is 38.7 Å². The molecule has 0 aromatic rings. The van der Waals surface area contributed by atoms with Gasteiger partial charge in [-0.3, -0.25) is 9.59 Å². The number of carbonyl (C=O) groups is 2. The van der Waals surface area contributed by atoms with Crippen LogP contribution in [0.5, 0.6) is 0 Å². The van der Waals surface area contributed by atoms with Gasteiger partial charge in [-0.2, -0.15) is 0 Å². The third kappa shape index (κ3) is 12.9. The normalized spacial score (nSPS) is 10.2. The second kappa shape index (κ2) is 10.6. The highest BCUT2D eigenvalue weighted by atomic mass is 16.5. The van der Waals surface area contributed by atoms with E-state index in [1.54, 1.807) is 0 Å². The molecule has 0 aliphatic carbocycles. The van der Waals surface area contributed by atoms with E-state index in [-0.39, 0.29) is 24.8 Å². The van der Waals surface area contributed by atoms with E-state index in [0.29, 0.717) is 25.6 Å². The molecule has 19 heavy (non-hydrogen) atoms. The largest absolute Gasteiger partial charge is 0.466 e. The molecular weight excluding hydrogens is 244 g/mol. The summed E-state index contributed by atoms with van der Waals surface area (Å²) in [5, 5.41) is 0. The summed E-state index contributed by atoms with van der Waals surface area (Å²) in [5.41, 5.74) is 1.11. The first-order valence-corrected chi connectivity index (χ1v) is 6.86. The summed E-state index contributed by atoms with van der Waals surface area (Å²) >= 11 is 0. The van der Waals surface area contributed by atoms with Crippen molar-refractivity contribution in [2.45, 2.75) is 53.4 Å². The maximum absolute atomic E-state index is 11.3. The molecule has 0 saturated carbocycles. The minimum atomic E-state index is -0.271. The lowest BCUT2D eigenvalue weighted by Crippen LogP contribution is -2.09. The van der Waals surface area contributed by atoms with Crippen molar-refractivity contribution >= 4 is 11.9 Å². The van der Waals surface area contributed by atoms with Gasteiger partial charge in [-0.15, -0.1) is 0 Å². The van der Waals surface area contributed by atoms with Crippen LogP contribution in [0.1, 0.15) is 53.4 Å². The molecule has 110 valence electrons. The Bertz CT molecular complexity index is 301. The first kappa shape index (κ1) is 17.7. The standard InChI is InChI=1S/C15H26O4/c1-12(2)8-10-18-14(16)6-5-7-15(17)19-11-9-13(3)4/h8,13H,5-7,9-11H2,1-4H3. The molecule has 0 aliphatic heterocycles. The van der Waals surface area contributed by atoms with Crippen molar-refractivity contribution in [3.63, 3.8) is 0 Å². The van der Waals surface area contributed by atoms with Gasteiger partial charge in [0.15, 0.2) is 0 Å². The second-order valence-electron chi connectivity index (χ2n) is 5.22. The Balaban J connectivity index is 3.53. The quantitative estimate of drug-likeness (QED) is 0.476. The van der Waals surface area contributed by atoms with Crippen molar-refractivity contribution in [3.05, 3.63) is 11.6 Å². The predicted octanol–water partition coefficient (Wildman–Crippen LogP) is 3.26. The smallest absolute Gasteiger partial charge is 0.306 e. The van der Waals surface area contributed by atoms with E-state index in [1.165, 1.54) is 0 Å². The monoisotopic (exact) mass is 270 g/mol. The number of ether oxygens (including phenoxy) is 2. The summed E-state index contributed by atoms with van der Waals surface area (Å²) in [4.78, 5) is 22.6. The highest BCUT2D eigenvalue weighted by Gasteiger charge is 2.07. The van der Waals surface area contributed by atoms with Crippen LogP contribution in [0.4, 0.5) is 0 Å². The Labute approximate surface area is 116 Å². The Morgan fingerprint density at radius 3 is 2.16 bits per heavy atom. The van der Waals surface area contributed by atoms with Gasteiger partial charge >= 0.3 is 11.9 Å². The number of rotatable bonds is 9. The molecule has 0 bridgehead atoms. The second-order valence-corrected chi connectivity index (χ2v) is 5.22. The molecule has 0 aromatic heterocycles. The Morgan fingerprint density at radius 1 is 1.05 bits per heavy atom. The maximum Gasteiger partial charge on any atom is 0.306 e. The maximum atomic E-state index is 11.3. The van der Waals surface area contributed by atoms with Crippen molar-refractivity contribution in [3.8, 4) is 0 Å². The number of allylic oxidation sites excluding steroid dienone is 1. The fourth-order valence-corrected chi connectivity index (χ4v) is 1.23. The van der Waals surface area contributed by atoms with Crippen LogP contribution >= 0.6 is 0 Å². The topological polar surface area (TPSA) is 52.6 Å². The predicted molar refractivity (Wildman–Crippen MR) is 74.7 cm³/mol. The first-order chi connectivity index (χ1) is 8.91. The number of esters is 2. The minimum absolute atomic E-state index is 0.238. The van der Waals surface area contributed by atoms with Gasteiger partial charge in [0, 0.05) is 12.8 Å². The molecule has 0 spiro atoms. The first-order valence-electron chi connectivity index (χ1n) is 6.86. The highest BCUT2D eigenvalue weighted by Crippen LogP contribution is 2.03. The molecule has 0 fully saturated rings. The number of carbonyl (C=O) groups excluding carboxylic acids is 2. The van der Waals surface area contributed by atoms with Crippen molar-refractivity contribution in [1.82, 2.24) is 0 Å². The average Bonchev–Trinajstić information content (AvgIpc) is 2.27. The van der Waals surface area contributed by atoms with Gasteiger partial charge in [0.1, 0.15) is 6.61 Å². The molecule has 0 amide bonds. The van der Waals surface area contributed by atoms with Gasteiger partial charge in [0.2, 0.25) is 0 Å². The molecule has 0 saturated heterocycles. The zero-order valence-electron chi connectivity index (χ0n) is 12.5. The van der Waals surface area contributed by atoms with Crippen LogP contribution in [0.15, 0.2) is 11.6 Å². The Hall–Kier alpha value is -1.32. The molecule has 0 aliphatic rings. The van der Waals surface area contributed by atoms with Crippen LogP contribution in [0.25, 0.3) is 0 Å². The number of hydrogen-bond acceptors (Lipinski definition) is 4. The third-order valence-corrected chi connectivity index (χ3v) is 2.46. The van der Waals surface area contributed by atoms with E-state index < -0.39 is 0 Å². The Kier molecular flexibility index (Phi) is 9.85. The van der Waals surface area contributed by atoms with Gasteiger partial charge in [0.25, 0.3) is 0 Å². The van der Waals surface area contributed by atoms with E-state index in [2.05, 4.69) is 13.8 Å². The Morgan fingerprint density at radius 2 is 1.63 bits per heavy atom. The minimum Gasteiger partial charge on any atom is -0.466 e. The van der Waals surface area contributed by atoms with Gasteiger partial charge in [-0.1, -0.05) is 19.4 Å². The molecule has 0 unspecified atom stereocenters. The summed E-state index contributed by atoms with van der Waals surface area (Å²) in [6, 6.07) is 0. The molecule has 4 nitrogen and oxygen atoms in total. The van der Waals surface area contributed by atoms with Crippen molar-refractivity contribution in [1.29, 1.82) is 0 Å². The van der Waals surface area contributed by atoms with Crippen LogP contribution in [0.2, 0.25) is 0 Å². The summed E-state index contributed by atoms with van der Waals surface area (Å²) in [7, 11) is 0. The zero-order valence-corrected chi connectivity index (χ0v) is 12.5. The molecule has 0 atom stereocenters. The molecule has 0 rings (SSSR count). The summed E-state index contributed by atoms with van der Waals surface area (Å²) < 4.78 is 10.0. The molecule has 0 heterocycles. The van der Waals surface area contributed by atoms with Gasteiger partial charge < -0.3 is 9.47 Å². The van der Waals surface area contributed by atoms with Crippen LogP contribution in [0, 0.1) is 5.92 Å². The van der Waals surface area contributed by atoms with Crippen molar-refractivity contribution in [2.75, 3.05) is 13.2 Å². The molecule has 0 N–H and O–H groups in total. The van der Waals surface area contributed by atoms with E-state index in [0.717, 1.165) is 12.0 Å². The fraction of sp³-hybridized carbons (Fsp3) is 0.733. The molecule has 0 radical (unpaired) electrons. The van der Waals surface area contributed by atoms with Gasteiger partial charge in [-0.25, -0.2) is 0 Å². The lowest BCUT2D eigenvalue weighted by molar-refractivity contribution is -0.145. The summed E-state index contributed by atoms with van der Waals surface area (Å²) in [6.45, 7) is 8.82. The molecular formula is C15H26O4. The van der Waals surface area contributed by atoms with Gasteiger partial charge in [0.05, 0.1) is 6.61 Å². The van der Waals surface area contributed by atoms with Crippen molar-refractivity contribution in [2.24, 2.45) is 5.92 Å².